The minimum atomic E-state index is -0.0378. The van der Waals surface area contributed by atoms with Gasteiger partial charge in [0.25, 0.3) is 0 Å². The molecule has 2 aromatic carbocycles. The van der Waals surface area contributed by atoms with Crippen LogP contribution >= 0.6 is 23.2 Å². The number of aromatic hydroxyl groups is 1. The van der Waals surface area contributed by atoms with Gasteiger partial charge in [-0.3, -0.25) is 4.79 Å². The van der Waals surface area contributed by atoms with Crippen LogP contribution in [0.5, 0.6) is 5.75 Å². The van der Waals surface area contributed by atoms with Gasteiger partial charge in [0.05, 0.1) is 22.5 Å². The summed E-state index contributed by atoms with van der Waals surface area (Å²) in [7, 11) is 0. The summed E-state index contributed by atoms with van der Waals surface area (Å²) in [6, 6.07) is 11.0. The lowest BCUT2D eigenvalue weighted by Crippen LogP contribution is -2.45. The minimum Gasteiger partial charge on any atom is -0.508 e. The Morgan fingerprint density at radius 3 is 2.61 bits per heavy atom. The van der Waals surface area contributed by atoms with Crippen molar-refractivity contribution in [3.63, 3.8) is 0 Å². The Morgan fingerprint density at radius 1 is 1.07 bits per heavy atom. The van der Waals surface area contributed by atoms with Crippen molar-refractivity contribution in [2.45, 2.75) is 31.7 Å². The number of benzene rings is 2. The van der Waals surface area contributed by atoms with Crippen molar-refractivity contribution in [3.8, 4) is 5.75 Å². The number of likely N-dealkylation sites (tertiary alicyclic amines) is 1. The smallest absolute Gasteiger partial charge is 0.227 e. The lowest BCUT2D eigenvalue weighted by molar-refractivity contribution is -0.133. The highest BCUT2D eigenvalue weighted by atomic mass is 35.5. The standard InChI is InChI=1S/C22H24Cl2N2O2/c23-18-7-6-15(12-19(18)24)13-22(28)26-11-8-17-16(4-3-5-21(17)27)20(26)14-25-9-1-2-10-25/h3-7,12,20,27H,1-2,8-11,13-14H2/t20-/m1/s1. The number of amides is 1. The second kappa shape index (κ2) is 8.32. The fourth-order valence-electron chi connectivity index (χ4n) is 4.36. The molecule has 1 fully saturated rings. The van der Waals surface area contributed by atoms with Gasteiger partial charge in [0.1, 0.15) is 5.75 Å². The van der Waals surface area contributed by atoms with Crippen LogP contribution in [0.25, 0.3) is 0 Å². The maximum atomic E-state index is 13.2. The van der Waals surface area contributed by atoms with Crippen molar-refractivity contribution in [2.24, 2.45) is 0 Å². The van der Waals surface area contributed by atoms with Crippen molar-refractivity contribution in [2.75, 3.05) is 26.2 Å². The number of hydrogen-bond acceptors (Lipinski definition) is 3. The van der Waals surface area contributed by atoms with E-state index in [2.05, 4.69) is 4.90 Å². The zero-order chi connectivity index (χ0) is 19.7. The summed E-state index contributed by atoms with van der Waals surface area (Å²) in [6.45, 7) is 3.56. The Morgan fingerprint density at radius 2 is 1.86 bits per heavy atom. The van der Waals surface area contributed by atoms with Crippen LogP contribution in [0.4, 0.5) is 0 Å². The Labute approximate surface area is 175 Å². The van der Waals surface area contributed by atoms with Gasteiger partial charge < -0.3 is 14.9 Å². The average molecular weight is 419 g/mol. The van der Waals surface area contributed by atoms with Crippen molar-refractivity contribution in [1.29, 1.82) is 0 Å². The molecule has 4 nitrogen and oxygen atoms in total. The molecule has 0 bridgehead atoms. The minimum absolute atomic E-state index is 0.0378. The van der Waals surface area contributed by atoms with E-state index in [0.717, 1.165) is 36.3 Å². The number of nitrogens with zero attached hydrogens (tertiary/aromatic N) is 2. The Balaban J connectivity index is 1.60. The topological polar surface area (TPSA) is 43.8 Å². The van der Waals surface area contributed by atoms with Crippen molar-refractivity contribution < 1.29 is 9.90 Å². The van der Waals surface area contributed by atoms with E-state index in [1.54, 1.807) is 18.2 Å². The average Bonchev–Trinajstić information content (AvgIpc) is 3.18. The molecule has 6 heteroatoms. The zero-order valence-electron chi connectivity index (χ0n) is 15.7. The molecular weight excluding hydrogens is 395 g/mol. The molecule has 4 rings (SSSR count). The lowest BCUT2D eigenvalue weighted by atomic mass is 9.91. The molecule has 0 saturated carbocycles. The second-order valence-corrected chi connectivity index (χ2v) is 8.45. The first-order valence-electron chi connectivity index (χ1n) is 9.79. The Hall–Kier alpha value is -1.75. The SMILES string of the molecule is O=C(Cc1ccc(Cl)c(Cl)c1)N1CCc2c(O)cccc2[C@H]1CN1CCCC1. The van der Waals surface area contributed by atoms with Gasteiger partial charge in [-0.15, -0.1) is 0 Å². The molecule has 1 amide bonds. The molecular formula is C22H24Cl2N2O2. The van der Waals surface area contributed by atoms with Gasteiger partial charge in [-0.1, -0.05) is 41.4 Å². The van der Waals surface area contributed by atoms with Gasteiger partial charge >= 0.3 is 0 Å². The monoisotopic (exact) mass is 418 g/mol. The van der Waals surface area contributed by atoms with Crippen molar-refractivity contribution >= 4 is 29.1 Å². The molecule has 0 radical (unpaired) electrons. The quantitative estimate of drug-likeness (QED) is 0.796. The molecule has 0 unspecified atom stereocenters. The number of fused-ring (bicyclic) bond motifs is 1. The molecule has 0 aromatic heterocycles. The maximum Gasteiger partial charge on any atom is 0.227 e. The van der Waals surface area contributed by atoms with Crippen LogP contribution in [0.3, 0.4) is 0 Å². The summed E-state index contributed by atoms with van der Waals surface area (Å²) in [5.41, 5.74) is 2.91. The van der Waals surface area contributed by atoms with Gasteiger partial charge in [-0.2, -0.15) is 0 Å². The third-order valence-corrected chi connectivity index (χ3v) is 6.55. The molecule has 28 heavy (non-hydrogen) atoms. The number of hydrogen-bond donors (Lipinski definition) is 1. The van der Waals surface area contributed by atoms with Crippen LogP contribution in [0, 0.1) is 0 Å². The molecule has 2 aromatic rings. The third-order valence-electron chi connectivity index (χ3n) is 5.81. The summed E-state index contributed by atoms with van der Waals surface area (Å²) >= 11 is 12.1. The number of carbonyl (C=O) groups excluding carboxylic acids is 1. The van der Waals surface area contributed by atoms with Crippen molar-refractivity contribution in [1.82, 2.24) is 9.80 Å². The molecule has 2 aliphatic heterocycles. The van der Waals surface area contributed by atoms with Crippen LogP contribution < -0.4 is 0 Å². The molecule has 2 aliphatic rings. The van der Waals surface area contributed by atoms with Gasteiger partial charge in [-0.05, 0) is 61.7 Å². The fourth-order valence-corrected chi connectivity index (χ4v) is 4.68. The van der Waals surface area contributed by atoms with Crippen LogP contribution in [-0.4, -0.2) is 47.0 Å². The van der Waals surface area contributed by atoms with E-state index in [9.17, 15) is 9.90 Å². The first-order chi connectivity index (χ1) is 13.5. The molecule has 148 valence electrons. The number of phenols is 1. The fraction of sp³-hybridized carbons (Fsp3) is 0.409. The van der Waals surface area contributed by atoms with E-state index in [1.807, 2.05) is 23.1 Å². The van der Waals surface area contributed by atoms with E-state index in [0.29, 0.717) is 35.2 Å². The normalized spacial score (nSPS) is 19.6. The van der Waals surface area contributed by atoms with E-state index in [4.69, 9.17) is 23.2 Å². The molecule has 2 heterocycles. The van der Waals surface area contributed by atoms with Gasteiger partial charge in [0.15, 0.2) is 0 Å². The van der Waals surface area contributed by atoms with Crippen LogP contribution in [-0.2, 0) is 17.6 Å². The number of carbonyl (C=O) groups is 1. The van der Waals surface area contributed by atoms with Crippen molar-refractivity contribution in [3.05, 3.63) is 63.1 Å². The highest BCUT2D eigenvalue weighted by Gasteiger charge is 2.33. The molecule has 1 atom stereocenters. The van der Waals surface area contributed by atoms with E-state index >= 15 is 0 Å². The van der Waals surface area contributed by atoms with Crippen LogP contribution in [0.15, 0.2) is 36.4 Å². The first kappa shape index (κ1) is 19.6. The first-order valence-corrected chi connectivity index (χ1v) is 10.5. The largest absolute Gasteiger partial charge is 0.508 e. The number of halogens is 2. The summed E-state index contributed by atoms with van der Waals surface area (Å²) in [5, 5.41) is 11.3. The third kappa shape index (κ3) is 4.00. The predicted octanol–water partition coefficient (Wildman–Crippen LogP) is 4.46. The van der Waals surface area contributed by atoms with Crippen LogP contribution in [0.2, 0.25) is 10.0 Å². The summed E-state index contributed by atoms with van der Waals surface area (Å²) in [4.78, 5) is 17.6. The van der Waals surface area contributed by atoms with E-state index < -0.39 is 0 Å². The Bertz CT molecular complexity index is 881. The maximum absolute atomic E-state index is 13.2. The number of rotatable bonds is 4. The molecule has 0 aliphatic carbocycles. The van der Waals surface area contributed by atoms with Gasteiger partial charge in [-0.25, -0.2) is 0 Å². The summed E-state index contributed by atoms with van der Waals surface area (Å²) in [5.74, 6) is 0.414. The molecule has 1 N–H and O–H groups in total. The van der Waals surface area contributed by atoms with Gasteiger partial charge in [0, 0.05) is 18.7 Å². The summed E-state index contributed by atoms with van der Waals surface area (Å²) in [6.07, 6.45) is 3.38. The molecule has 1 saturated heterocycles. The van der Waals surface area contributed by atoms with E-state index in [1.165, 1.54) is 12.8 Å². The van der Waals surface area contributed by atoms with Gasteiger partial charge in [0.2, 0.25) is 5.91 Å². The highest BCUT2D eigenvalue weighted by molar-refractivity contribution is 6.42. The van der Waals surface area contributed by atoms with Crippen LogP contribution in [0.1, 0.15) is 35.6 Å². The second-order valence-electron chi connectivity index (χ2n) is 7.63. The zero-order valence-corrected chi connectivity index (χ0v) is 17.2. The van der Waals surface area contributed by atoms with E-state index in [-0.39, 0.29) is 11.9 Å². The predicted molar refractivity (Wildman–Crippen MR) is 112 cm³/mol. The summed E-state index contributed by atoms with van der Waals surface area (Å²) < 4.78 is 0. The highest BCUT2D eigenvalue weighted by Crippen LogP contribution is 2.36. The number of phenolic OH excluding ortho intramolecular Hbond substituents is 1. The lowest BCUT2D eigenvalue weighted by Gasteiger charge is -2.39. The Kier molecular flexibility index (Phi) is 5.81. The molecule has 0 spiro atoms.